The Morgan fingerprint density at radius 3 is 2.79 bits per heavy atom. The molecule has 0 bridgehead atoms. The quantitative estimate of drug-likeness (QED) is 0.831. The molecule has 2 rings (SSSR count). The Bertz CT molecular complexity index is 474. The molecule has 0 radical (unpaired) electrons. The minimum absolute atomic E-state index is 0.0508. The number of carbonyl (C=O) groups is 1. The fourth-order valence-electron chi connectivity index (χ4n) is 2.36. The summed E-state index contributed by atoms with van der Waals surface area (Å²) in [5, 5.41) is 18.6. The first-order valence-corrected chi connectivity index (χ1v) is 6.45. The minimum Gasteiger partial charge on any atom is -0.508 e. The Hall–Kier alpha value is -1.62. The van der Waals surface area contributed by atoms with Crippen molar-refractivity contribution in [3.63, 3.8) is 0 Å². The molecule has 0 aromatic heterocycles. The van der Waals surface area contributed by atoms with Gasteiger partial charge in [0, 0.05) is 24.2 Å². The Morgan fingerprint density at radius 2 is 2.21 bits per heavy atom. The van der Waals surface area contributed by atoms with Crippen LogP contribution in [0, 0.1) is 5.82 Å². The number of benzene rings is 1. The monoisotopic (exact) mass is 267 g/mol. The molecule has 0 spiro atoms. The summed E-state index contributed by atoms with van der Waals surface area (Å²) in [6, 6.07) is 4.02. The summed E-state index contributed by atoms with van der Waals surface area (Å²) in [6.07, 6.45) is 2.11. The normalized spacial score (nSPS) is 16.6. The summed E-state index contributed by atoms with van der Waals surface area (Å²) in [6.45, 7) is 2.28. The lowest BCUT2D eigenvalue weighted by molar-refractivity contribution is -0.137. The Labute approximate surface area is 111 Å². The third-order valence-electron chi connectivity index (χ3n) is 3.54. The van der Waals surface area contributed by atoms with Crippen LogP contribution < -0.4 is 0 Å². The Morgan fingerprint density at radius 1 is 1.53 bits per heavy atom. The van der Waals surface area contributed by atoms with Crippen LogP contribution in [0.1, 0.15) is 37.8 Å². The molecule has 1 saturated carbocycles. The molecule has 2 N–H and O–H groups in total. The number of hydrogen-bond donors (Lipinski definition) is 2. The van der Waals surface area contributed by atoms with Crippen molar-refractivity contribution in [3.8, 4) is 5.75 Å². The van der Waals surface area contributed by atoms with Crippen molar-refractivity contribution in [1.29, 1.82) is 0 Å². The number of carboxylic acids is 1. The number of aromatic hydroxyl groups is 1. The molecule has 1 aliphatic carbocycles. The average Bonchev–Trinajstić information content (AvgIpc) is 3.16. The Kier molecular flexibility index (Phi) is 4.04. The molecule has 0 heterocycles. The molecule has 104 valence electrons. The predicted molar refractivity (Wildman–Crippen MR) is 68.5 cm³/mol. The summed E-state index contributed by atoms with van der Waals surface area (Å²) in [4.78, 5) is 12.7. The van der Waals surface area contributed by atoms with E-state index >= 15 is 0 Å². The van der Waals surface area contributed by atoms with E-state index in [1.54, 1.807) is 0 Å². The van der Waals surface area contributed by atoms with Crippen molar-refractivity contribution in [2.24, 2.45) is 0 Å². The molecule has 1 unspecified atom stereocenters. The lowest BCUT2D eigenvalue weighted by Crippen LogP contribution is -2.31. The van der Waals surface area contributed by atoms with Crippen molar-refractivity contribution in [2.75, 3.05) is 6.54 Å². The minimum atomic E-state index is -0.846. The SMILES string of the molecule is CC(c1cc(F)ccc1O)N(CCC(=O)O)C1CC1. The molecule has 0 amide bonds. The second kappa shape index (κ2) is 5.57. The molecular weight excluding hydrogens is 249 g/mol. The van der Waals surface area contributed by atoms with E-state index in [0.717, 1.165) is 12.8 Å². The van der Waals surface area contributed by atoms with Gasteiger partial charge >= 0.3 is 5.97 Å². The number of hydrogen-bond acceptors (Lipinski definition) is 3. The van der Waals surface area contributed by atoms with Gasteiger partial charge in [-0.1, -0.05) is 0 Å². The maximum atomic E-state index is 13.3. The number of carboxylic acid groups (broad SMARTS) is 1. The maximum Gasteiger partial charge on any atom is 0.304 e. The molecule has 0 saturated heterocycles. The number of rotatable bonds is 6. The molecular formula is C14H18FNO3. The lowest BCUT2D eigenvalue weighted by Gasteiger charge is -2.29. The first-order valence-electron chi connectivity index (χ1n) is 6.45. The third kappa shape index (κ3) is 3.44. The summed E-state index contributed by atoms with van der Waals surface area (Å²) in [7, 11) is 0. The van der Waals surface area contributed by atoms with Gasteiger partial charge in [-0.05, 0) is 38.0 Å². The highest BCUT2D eigenvalue weighted by Crippen LogP contribution is 2.37. The number of halogens is 1. The van der Waals surface area contributed by atoms with Crippen LogP contribution in [0.4, 0.5) is 4.39 Å². The van der Waals surface area contributed by atoms with Gasteiger partial charge in [-0.2, -0.15) is 0 Å². The summed E-state index contributed by atoms with van der Waals surface area (Å²) < 4.78 is 13.3. The summed E-state index contributed by atoms with van der Waals surface area (Å²) >= 11 is 0. The highest BCUT2D eigenvalue weighted by molar-refractivity contribution is 5.66. The molecule has 1 aromatic rings. The van der Waals surface area contributed by atoms with Gasteiger partial charge < -0.3 is 10.2 Å². The average molecular weight is 267 g/mol. The van der Waals surface area contributed by atoms with Gasteiger partial charge in [0.15, 0.2) is 0 Å². The van der Waals surface area contributed by atoms with Gasteiger partial charge in [0.1, 0.15) is 11.6 Å². The van der Waals surface area contributed by atoms with Crippen molar-refractivity contribution in [2.45, 2.75) is 38.3 Å². The van der Waals surface area contributed by atoms with E-state index in [4.69, 9.17) is 5.11 Å². The zero-order chi connectivity index (χ0) is 14.0. The van der Waals surface area contributed by atoms with E-state index in [1.807, 2.05) is 11.8 Å². The van der Waals surface area contributed by atoms with Gasteiger partial charge in [-0.15, -0.1) is 0 Å². The van der Waals surface area contributed by atoms with Gasteiger partial charge in [-0.25, -0.2) is 4.39 Å². The smallest absolute Gasteiger partial charge is 0.304 e. The van der Waals surface area contributed by atoms with Crippen LogP contribution in [-0.2, 0) is 4.79 Å². The lowest BCUT2D eigenvalue weighted by atomic mass is 10.0. The van der Waals surface area contributed by atoms with E-state index < -0.39 is 11.8 Å². The molecule has 0 aliphatic heterocycles. The molecule has 1 fully saturated rings. The highest BCUT2D eigenvalue weighted by Gasteiger charge is 2.33. The molecule has 5 heteroatoms. The molecule has 1 aliphatic rings. The van der Waals surface area contributed by atoms with Crippen LogP contribution >= 0.6 is 0 Å². The zero-order valence-corrected chi connectivity index (χ0v) is 10.8. The Balaban J connectivity index is 2.16. The van der Waals surface area contributed by atoms with Crippen LogP contribution in [0.3, 0.4) is 0 Å². The number of phenolic OH excluding ortho intramolecular Hbond substituents is 1. The summed E-state index contributed by atoms with van der Waals surface area (Å²) in [5.74, 6) is -1.19. The van der Waals surface area contributed by atoms with Crippen molar-refractivity contribution in [1.82, 2.24) is 4.90 Å². The highest BCUT2D eigenvalue weighted by atomic mass is 19.1. The zero-order valence-electron chi connectivity index (χ0n) is 10.8. The third-order valence-corrected chi connectivity index (χ3v) is 3.54. The van der Waals surface area contributed by atoms with Gasteiger partial charge in [-0.3, -0.25) is 9.69 Å². The van der Waals surface area contributed by atoms with Gasteiger partial charge in [0.05, 0.1) is 6.42 Å². The molecule has 1 atom stereocenters. The van der Waals surface area contributed by atoms with E-state index in [2.05, 4.69) is 0 Å². The summed E-state index contributed by atoms with van der Waals surface area (Å²) in [5.41, 5.74) is 0.511. The maximum absolute atomic E-state index is 13.3. The first kappa shape index (κ1) is 13.8. The topological polar surface area (TPSA) is 60.8 Å². The number of aliphatic carboxylic acids is 1. The number of nitrogens with zero attached hydrogens (tertiary/aromatic N) is 1. The largest absolute Gasteiger partial charge is 0.508 e. The van der Waals surface area contributed by atoms with E-state index in [1.165, 1.54) is 18.2 Å². The van der Waals surface area contributed by atoms with Crippen LogP contribution in [0.5, 0.6) is 5.75 Å². The van der Waals surface area contributed by atoms with Crippen LogP contribution in [0.25, 0.3) is 0 Å². The van der Waals surface area contributed by atoms with Crippen LogP contribution in [-0.4, -0.2) is 33.7 Å². The fourth-order valence-corrected chi connectivity index (χ4v) is 2.36. The second-order valence-corrected chi connectivity index (χ2v) is 4.99. The second-order valence-electron chi connectivity index (χ2n) is 4.99. The molecule has 1 aromatic carbocycles. The first-order chi connectivity index (χ1) is 8.99. The van der Waals surface area contributed by atoms with Gasteiger partial charge in [0.25, 0.3) is 0 Å². The molecule has 19 heavy (non-hydrogen) atoms. The predicted octanol–water partition coefficient (Wildman–Crippen LogP) is 2.53. The van der Waals surface area contributed by atoms with E-state index in [9.17, 15) is 14.3 Å². The van der Waals surface area contributed by atoms with E-state index in [-0.39, 0.29) is 18.2 Å². The van der Waals surface area contributed by atoms with Crippen LogP contribution in [0.2, 0.25) is 0 Å². The van der Waals surface area contributed by atoms with E-state index in [0.29, 0.717) is 18.2 Å². The number of phenols is 1. The van der Waals surface area contributed by atoms with Crippen molar-refractivity contribution < 1.29 is 19.4 Å². The standard InChI is InChI=1S/C14H18FNO3/c1-9(12-8-10(15)2-5-13(12)17)16(11-3-4-11)7-6-14(18)19/h2,5,8-9,11,17H,3-4,6-7H2,1H3,(H,18,19). The van der Waals surface area contributed by atoms with Crippen LogP contribution in [0.15, 0.2) is 18.2 Å². The fraction of sp³-hybridized carbons (Fsp3) is 0.500. The molecule has 4 nitrogen and oxygen atoms in total. The van der Waals surface area contributed by atoms with Gasteiger partial charge in [0.2, 0.25) is 0 Å². The van der Waals surface area contributed by atoms with Crippen molar-refractivity contribution >= 4 is 5.97 Å². The van der Waals surface area contributed by atoms with Crippen molar-refractivity contribution in [3.05, 3.63) is 29.6 Å².